The lowest BCUT2D eigenvalue weighted by Crippen LogP contribution is -2.12. The van der Waals surface area contributed by atoms with Crippen LogP contribution in [0.3, 0.4) is 0 Å². The monoisotopic (exact) mass is 257 g/mol. The molecule has 2 heterocycles. The van der Waals surface area contributed by atoms with E-state index in [-0.39, 0.29) is 12.5 Å². The maximum Gasteiger partial charge on any atom is 0.258 e. The van der Waals surface area contributed by atoms with Gasteiger partial charge >= 0.3 is 0 Å². The summed E-state index contributed by atoms with van der Waals surface area (Å²) in [6, 6.07) is 3.16. The third kappa shape index (κ3) is 3.66. The zero-order valence-corrected chi connectivity index (χ0v) is 9.96. The lowest BCUT2D eigenvalue weighted by Gasteiger charge is -2.01. The number of anilines is 1. The van der Waals surface area contributed by atoms with Gasteiger partial charge in [-0.05, 0) is 6.07 Å². The number of nitrogens with one attached hydrogen (secondary N) is 1. The van der Waals surface area contributed by atoms with Gasteiger partial charge in [-0.15, -0.1) is 0 Å². The Balaban J connectivity index is 2.10. The Morgan fingerprint density at radius 3 is 3.11 bits per heavy atom. The van der Waals surface area contributed by atoms with Gasteiger partial charge in [0.05, 0.1) is 12.2 Å². The van der Waals surface area contributed by atoms with E-state index in [1.807, 2.05) is 0 Å². The SMILES string of the molecule is O=C(Nc1ccon1)c1cncc(C#CCCO)c1. The van der Waals surface area contributed by atoms with E-state index in [1.54, 1.807) is 12.3 Å². The number of rotatable bonds is 3. The van der Waals surface area contributed by atoms with E-state index in [9.17, 15) is 4.79 Å². The molecule has 96 valence electrons. The lowest BCUT2D eigenvalue weighted by atomic mass is 10.2. The molecule has 0 saturated heterocycles. The zero-order chi connectivity index (χ0) is 13.5. The summed E-state index contributed by atoms with van der Waals surface area (Å²) < 4.78 is 4.61. The van der Waals surface area contributed by atoms with Crippen LogP contribution in [0, 0.1) is 11.8 Å². The second-order valence-electron chi connectivity index (χ2n) is 3.58. The fourth-order valence-corrected chi connectivity index (χ4v) is 1.32. The number of hydrogen-bond donors (Lipinski definition) is 2. The molecule has 0 atom stereocenters. The van der Waals surface area contributed by atoms with Gasteiger partial charge in [-0.3, -0.25) is 9.78 Å². The summed E-state index contributed by atoms with van der Waals surface area (Å²) in [6.45, 7) is 0.00671. The van der Waals surface area contributed by atoms with Crippen molar-refractivity contribution in [1.29, 1.82) is 0 Å². The number of hydrogen-bond acceptors (Lipinski definition) is 5. The maximum absolute atomic E-state index is 11.9. The minimum absolute atomic E-state index is 0.00671. The molecule has 0 aliphatic heterocycles. The molecule has 2 rings (SSSR count). The van der Waals surface area contributed by atoms with Crippen molar-refractivity contribution in [3.63, 3.8) is 0 Å². The maximum atomic E-state index is 11.9. The number of carbonyl (C=O) groups is 1. The van der Waals surface area contributed by atoms with E-state index >= 15 is 0 Å². The summed E-state index contributed by atoms with van der Waals surface area (Å²) in [4.78, 5) is 15.8. The van der Waals surface area contributed by atoms with Gasteiger partial charge in [0.2, 0.25) is 0 Å². The van der Waals surface area contributed by atoms with E-state index in [1.165, 1.54) is 18.5 Å². The highest BCUT2D eigenvalue weighted by Crippen LogP contribution is 2.07. The molecule has 1 amide bonds. The molecule has 6 heteroatoms. The first-order valence-corrected chi connectivity index (χ1v) is 5.56. The Morgan fingerprint density at radius 1 is 1.47 bits per heavy atom. The molecule has 0 aliphatic carbocycles. The summed E-state index contributed by atoms with van der Waals surface area (Å²) in [5, 5.41) is 14.8. The van der Waals surface area contributed by atoms with Crippen molar-refractivity contribution in [1.82, 2.24) is 10.1 Å². The van der Waals surface area contributed by atoms with Crippen molar-refractivity contribution in [2.75, 3.05) is 11.9 Å². The van der Waals surface area contributed by atoms with Gasteiger partial charge < -0.3 is 14.9 Å². The Labute approximate surface area is 109 Å². The number of nitrogens with zero attached hydrogens (tertiary/aromatic N) is 2. The molecule has 2 aromatic rings. The summed E-state index contributed by atoms with van der Waals surface area (Å²) in [6.07, 6.45) is 4.74. The summed E-state index contributed by atoms with van der Waals surface area (Å²) in [7, 11) is 0. The number of aliphatic hydroxyl groups excluding tert-OH is 1. The fourth-order valence-electron chi connectivity index (χ4n) is 1.32. The molecular weight excluding hydrogens is 246 g/mol. The molecule has 0 aromatic carbocycles. The average molecular weight is 257 g/mol. The molecule has 0 aliphatic rings. The van der Waals surface area contributed by atoms with Crippen molar-refractivity contribution in [3.05, 3.63) is 41.9 Å². The second-order valence-corrected chi connectivity index (χ2v) is 3.58. The highest BCUT2D eigenvalue weighted by molar-refractivity contribution is 6.03. The lowest BCUT2D eigenvalue weighted by molar-refractivity contribution is 0.102. The normalized spacial score (nSPS) is 9.53. The molecule has 6 nitrogen and oxygen atoms in total. The quantitative estimate of drug-likeness (QED) is 0.802. The highest BCUT2D eigenvalue weighted by atomic mass is 16.5. The van der Waals surface area contributed by atoms with Gasteiger partial charge in [-0.25, -0.2) is 0 Å². The minimum atomic E-state index is -0.341. The van der Waals surface area contributed by atoms with Gasteiger partial charge in [0.15, 0.2) is 5.82 Å². The Hall–Kier alpha value is -2.65. The first-order chi connectivity index (χ1) is 9.29. The molecule has 0 fully saturated rings. The minimum Gasteiger partial charge on any atom is -0.395 e. The summed E-state index contributed by atoms with van der Waals surface area (Å²) in [5.74, 6) is 5.57. The van der Waals surface area contributed by atoms with Crippen LogP contribution < -0.4 is 5.32 Å². The Morgan fingerprint density at radius 2 is 2.37 bits per heavy atom. The van der Waals surface area contributed by atoms with E-state index < -0.39 is 0 Å². The molecule has 0 bridgehead atoms. The number of amides is 1. The van der Waals surface area contributed by atoms with Gasteiger partial charge in [0.25, 0.3) is 5.91 Å². The summed E-state index contributed by atoms with van der Waals surface area (Å²) in [5.41, 5.74) is 0.986. The molecular formula is C13H11N3O3. The van der Waals surface area contributed by atoms with Crippen molar-refractivity contribution >= 4 is 11.7 Å². The third-order valence-electron chi connectivity index (χ3n) is 2.15. The van der Waals surface area contributed by atoms with Gasteiger partial charge in [-0.1, -0.05) is 17.0 Å². The van der Waals surface area contributed by atoms with Crippen LogP contribution in [0.2, 0.25) is 0 Å². The van der Waals surface area contributed by atoms with Crippen LogP contribution in [0.1, 0.15) is 22.3 Å². The van der Waals surface area contributed by atoms with Crippen LogP contribution >= 0.6 is 0 Å². The summed E-state index contributed by atoms with van der Waals surface area (Å²) >= 11 is 0. The van der Waals surface area contributed by atoms with E-state index in [0.717, 1.165) is 0 Å². The molecule has 2 N–H and O–H groups in total. The number of carbonyl (C=O) groups excluding carboxylic acids is 1. The standard InChI is InChI=1S/C13H11N3O3/c17-5-2-1-3-10-7-11(9-14-8-10)13(18)15-12-4-6-19-16-12/h4,6-9,17H,2,5H2,(H,15,16,18). The third-order valence-corrected chi connectivity index (χ3v) is 2.15. The zero-order valence-electron chi connectivity index (χ0n) is 9.96. The van der Waals surface area contributed by atoms with Gasteiger partial charge in [-0.2, -0.15) is 0 Å². The predicted octanol–water partition coefficient (Wildman–Crippen LogP) is 1.06. The molecule has 0 spiro atoms. The largest absolute Gasteiger partial charge is 0.395 e. The second kappa shape index (κ2) is 6.33. The molecule has 2 aromatic heterocycles. The van der Waals surface area contributed by atoms with E-state index in [2.05, 4.69) is 31.8 Å². The van der Waals surface area contributed by atoms with E-state index in [4.69, 9.17) is 5.11 Å². The molecule has 0 unspecified atom stereocenters. The topological polar surface area (TPSA) is 88.3 Å². The van der Waals surface area contributed by atoms with Crippen LogP contribution in [-0.4, -0.2) is 27.8 Å². The van der Waals surface area contributed by atoms with E-state index in [0.29, 0.717) is 23.4 Å². The van der Waals surface area contributed by atoms with Crippen molar-refractivity contribution < 1.29 is 14.4 Å². The average Bonchev–Trinajstić information content (AvgIpc) is 2.92. The van der Waals surface area contributed by atoms with Gasteiger partial charge in [0, 0.05) is 30.4 Å². The first-order valence-electron chi connectivity index (χ1n) is 5.56. The highest BCUT2D eigenvalue weighted by Gasteiger charge is 2.08. The number of pyridine rings is 1. The van der Waals surface area contributed by atoms with Gasteiger partial charge in [0.1, 0.15) is 6.26 Å². The molecule has 19 heavy (non-hydrogen) atoms. The molecule has 0 radical (unpaired) electrons. The number of aromatic nitrogens is 2. The van der Waals surface area contributed by atoms with Crippen molar-refractivity contribution in [3.8, 4) is 11.8 Å². The van der Waals surface area contributed by atoms with Crippen LogP contribution in [0.25, 0.3) is 0 Å². The Kier molecular flexibility index (Phi) is 4.26. The molecule has 0 saturated carbocycles. The van der Waals surface area contributed by atoms with Crippen LogP contribution in [0.5, 0.6) is 0 Å². The van der Waals surface area contributed by atoms with Crippen molar-refractivity contribution in [2.24, 2.45) is 0 Å². The Bertz CT molecular complexity index is 612. The first kappa shape index (κ1) is 12.8. The smallest absolute Gasteiger partial charge is 0.258 e. The van der Waals surface area contributed by atoms with Crippen LogP contribution in [0.4, 0.5) is 5.82 Å². The van der Waals surface area contributed by atoms with Crippen LogP contribution in [0.15, 0.2) is 35.3 Å². The van der Waals surface area contributed by atoms with Crippen molar-refractivity contribution in [2.45, 2.75) is 6.42 Å². The number of aliphatic hydroxyl groups is 1. The predicted molar refractivity (Wildman–Crippen MR) is 67.3 cm³/mol. The fraction of sp³-hybridized carbons (Fsp3) is 0.154. The van der Waals surface area contributed by atoms with Crippen LogP contribution in [-0.2, 0) is 0 Å².